The Labute approximate surface area is 208 Å². The van der Waals surface area contributed by atoms with Gasteiger partial charge in [-0.2, -0.15) is 0 Å². The van der Waals surface area contributed by atoms with Gasteiger partial charge < -0.3 is 10.2 Å². The fourth-order valence-corrected chi connectivity index (χ4v) is 7.04. The quantitative estimate of drug-likeness (QED) is 0.569. The van der Waals surface area contributed by atoms with Gasteiger partial charge in [-0.25, -0.2) is 0 Å². The van der Waals surface area contributed by atoms with Crippen molar-refractivity contribution in [1.82, 2.24) is 15.2 Å². The molecule has 4 nitrogen and oxygen atoms in total. The molecule has 4 unspecified atom stereocenters. The highest BCUT2D eigenvalue weighted by atomic mass is 16.2. The van der Waals surface area contributed by atoms with Crippen molar-refractivity contribution < 1.29 is 4.79 Å². The highest BCUT2D eigenvalue weighted by Gasteiger charge is 2.52. The van der Waals surface area contributed by atoms with Crippen LogP contribution >= 0.6 is 0 Å². The third kappa shape index (κ3) is 3.98. The molecule has 1 aliphatic carbocycles. The van der Waals surface area contributed by atoms with E-state index < -0.39 is 0 Å². The molecule has 1 N–H and O–H groups in total. The van der Waals surface area contributed by atoms with Gasteiger partial charge in [-0.1, -0.05) is 66.7 Å². The van der Waals surface area contributed by atoms with Crippen molar-refractivity contribution in [2.24, 2.45) is 5.92 Å². The van der Waals surface area contributed by atoms with Crippen LogP contribution in [0.1, 0.15) is 65.7 Å². The number of amides is 1. The van der Waals surface area contributed by atoms with Crippen molar-refractivity contribution in [3.63, 3.8) is 0 Å². The topological polar surface area (TPSA) is 45.2 Å². The molecule has 35 heavy (non-hydrogen) atoms. The number of carbonyl (C=O) groups is 1. The fourth-order valence-electron chi connectivity index (χ4n) is 7.04. The lowest BCUT2D eigenvalue weighted by molar-refractivity contribution is -0.141. The number of fused-ring (bicyclic) bond motifs is 2. The van der Waals surface area contributed by atoms with Gasteiger partial charge in [0.1, 0.15) is 0 Å². The number of piperidine rings is 1. The lowest BCUT2D eigenvalue weighted by Gasteiger charge is -2.45. The first-order valence-electron chi connectivity index (χ1n) is 13.2. The summed E-state index contributed by atoms with van der Waals surface area (Å²) in [4.78, 5) is 21.6. The largest absolute Gasteiger partial charge is 0.335 e. The molecule has 2 aliphatic heterocycles. The Morgan fingerprint density at radius 1 is 1.00 bits per heavy atom. The van der Waals surface area contributed by atoms with Gasteiger partial charge in [0.25, 0.3) is 0 Å². The van der Waals surface area contributed by atoms with Crippen LogP contribution < -0.4 is 5.32 Å². The zero-order valence-corrected chi connectivity index (χ0v) is 20.6. The van der Waals surface area contributed by atoms with Crippen molar-refractivity contribution in [1.29, 1.82) is 0 Å². The van der Waals surface area contributed by atoms with E-state index in [9.17, 15) is 4.79 Å². The van der Waals surface area contributed by atoms with Gasteiger partial charge in [0.15, 0.2) is 0 Å². The van der Waals surface area contributed by atoms with Crippen molar-refractivity contribution >= 4 is 5.91 Å². The first-order chi connectivity index (χ1) is 17.2. The molecule has 0 radical (unpaired) electrons. The number of carbonyl (C=O) groups excluding carboxylic acids is 1. The summed E-state index contributed by atoms with van der Waals surface area (Å²) in [6.45, 7) is 4.51. The Bertz CT molecular complexity index is 1190. The average Bonchev–Trinajstić information content (AvgIpc) is 3.32. The SMILES string of the molecule is Cc1ccc2c(n1)CCCC21CNCC1C(=O)N1CCC(c2ccccc2)CC1c1ccccc1. The maximum absolute atomic E-state index is 14.4. The number of hydrogen-bond donors (Lipinski definition) is 1. The van der Waals surface area contributed by atoms with E-state index >= 15 is 0 Å². The van der Waals surface area contributed by atoms with Gasteiger partial charge in [-0.05, 0) is 67.7 Å². The highest BCUT2D eigenvalue weighted by molar-refractivity contribution is 5.82. The zero-order valence-electron chi connectivity index (χ0n) is 20.6. The second kappa shape index (κ2) is 9.23. The smallest absolute Gasteiger partial charge is 0.228 e. The molecule has 3 heterocycles. The lowest BCUT2D eigenvalue weighted by atomic mass is 9.65. The third-order valence-corrected chi connectivity index (χ3v) is 8.78. The Morgan fingerprint density at radius 2 is 1.74 bits per heavy atom. The molecule has 180 valence electrons. The minimum Gasteiger partial charge on any atom is -0.335 e. The van der Waals surface area contributed by atoms with E-state index in [1.54, 1.807) is 0 Å². The molecule has 6 rings (SSSR count). The van der Waals surface area contributed by atoms with Crippen LogP contribution in [0.25, 0.3) is 0 Å². The number of rotatable bonds is 3. The highest BCUT2D eigenvalue weighted by Crippen LogP contribution is 2.47. The summed E-state index contributed by atoms with van der Waals surface area (Å²) in [6, 6.07) is 26.0. The van der Waals surface area contributed by atoms with E-state index in [0.29, 0.717) is 11.8 Å². The van der Waals surface area contributed by atoms with Crippen LogP contribution in [0.2, 0.25) is 0 Å². The molecular formula is C31H35N3O. The molecule has 3 aromatic rings. The van der Waals surface area contributed by atoms with Gasteiger partial charge in [0, 0.05) is 36.4 Å². The van der Waals surface area contributed by atoms with Crippen molar-refractivity contribution in [2.45, 2.75) is 56.4 Å². The summed E-state index contributed by atoms with van der Waals surface area (Å²) < 4.78 is 0. The summed E-state index contributed by atoms with van der Waals surface area (Å²) >= 11 is 0. The van der Waals surface area contributed by atoms with Crippen LogP contribution in [0, 0.1) is 12.8 Å². The Balaban J connectivity index is 1.34. The second-order valence-electron chi connectivity index (χ2n) is 10.7. The van der Waals surface area contributed by atoms with E-state index in [-0.39, 0.29) is 17.4 Å². The van der Waals surface area contributed by atoms with E-state index in [2.05, 4.69) is 89.9 Å². The van der Waals surface area contributed by atoms with Crippen molar-refractivity contribution in [2.75, 3.05) is 19.6 Å². The monoisotopic (exact) mass is 465 g/mol. The normalized spacial score (nSPS) is 28.1. The van der Waals surface area contributed by atoms with Crippen molar-refractivity contribution in [3.05, 3.63) is 101 Å². The third-order valence-electron chi connectivity index (χ3n) is 8.78. The van der Waals surface area contributed by atoms with E-state index in [0.717, 1.165) is 57.4 Å². The van der Waals surface area contributed by atoms with E-state index in [4.69, 9.17) is 4.98 Å². The number of aryl methyl sites for hydroxylation is 2. The number of nitrogens with one attached hydrogen (secondary N) is 1. The number of hydrogen-bond acceptors (Lipinski definition) is 3. The molecule has 4 heteroatoms. The molecule has 2 fully saturated rings. The molecule has 2 aromatic carbocycles. The number of likely N-dealkylation sites (tertiary alicyclic amines) is 1. The molecule has 3 aliphatic rings. The molecule has 1 amide bonds. The van der Waals surface area contributed by atoms with Crippen LogP contribution in [0.3, 0.4) is 0 Å². The fraction of sp³-hybridized carbons (Fsp3) is 0.419. The molecule has 0 saturated carbocycles. The van der Waals surface area contributed by atoms with Gasteiger partial charge >= 0.3 is 0 Å². The van der Waals surface area contributed by atoms with Gasteiger partial charge in [0.05, 0.1) is 12.0 Å². The molecule has 0 bridgehead atoms. The van der Waals surface area contributed by atoms with E-state index in [1.807, 2.05) is 0 Å². The molecule has 2 saturated heterocycles. The minimum atomic E-state index is -0.136. The maximum atomic E-state index is 14.4. The van der Waals surface area contributed by atoms with Crippen LogP contribution in [-0.4, -0.2) is 35.4 Å². The summed E-state index contributed by atoms with van der Waals surface area (Å²) in [7, 11) is 0. The summed E-state index contributed by atoms with van der Waals surface area (Å²) in [5.74, 6) is 0.762. The molecule has 4 atom stereocenters. The Morgan fingerprint density at radius 3 is 2.51 bits per heavy atom. The molecule has 1 aromatic heterocycles. The standard InChI is InChI=1S/C31H35N3O/c1-22-14-15-26-28(33-22)13-8-17-31(26)21-32-20-27(31)30(35)34-18-16-25(23-9-4-2-5-10-23)19-29(34)24-11-6-3-7-12-24/h2-7,9-12,14-15,25,27,29,32H,8,13,16-21H2,1H3. The minimum absolute atomic E-state index is 0.0365. The Hall–Kier alpha value is -2.98. The molecular weight excluding hydrogens is 430 g/mol. The lowest BCUT2D eigenvalue weighted by Crippen LogP contribution is -2.50. The van der Waals surface area contributed by atoms with Gasteiger partial charge in [-0.15, -0.1) is 0 Å². The average molecular weight is 466 g/mol. The number of pyridine rings is 1. The second-order valence-corrected chi connectivity index (χ2v) is 10.7. The predicted molar refractivity (Wildman–Crippen MR) is 139 cm³/mol. The first-order valence-corrected chi connectivity index (χ1v) is 13.2. The number of aromatic nitrogens is 1. The van der Waals surface area contributed by atoms with Gasteiger partial charge in [-0.3, -0.25) is 9.78 Å². The first kappa shape index (κ1) is 22.5. The summed E-state index contributed by atoms with van der Waals surface area (Å²) in [6.07, 6.45) is 5.18. The van der Waals surface area contributed by atoms with Crippen LogP contribution in [0.5, 0.6) is 0 Å². The maximum Gasteiger partial charge on any atom is 0.228 e. The summed E-state index contributed by atoms with van der Waals surface area (Å²) in [5, 5.41) is 3.62. The van der Waals surface area contributed by atoms with Crippen LogP contribution in [-0.2, 0) is 16.6 Å². The van der Waals surface area contributed by atoms with Crippen LogP contribution in [0.4, 0.5) is 0 Å². The van der Waals surface area contributed by atoms with Gasteiger partial charge in [0.2, 0.25) is 5.91 Å². The van der Waals surface area contributed by atoms with Crippen molar-refractivity contribution in [3.8, 4) is 0 Å². The summed E-state index contributed by atoms with van der Waals surface area (Å²) in [5.41, 5.74) is 6.10. The zero-order chi connectivity index (χ0) is 23.8. The predicted octanol–water partition coefficient (Wildman–Crippen LogP) is 5.33. The van der Waals surface area contributed by atoms with Crippen LogP contribution in [0.15, 0.2) is 72.8 Å². The molecule has 1 spiro atoms. The van der Waals surface area contributed by atoms with E-state index in [1.165, 1.54) is 22.4 Å². The number of benzene rings is 2. The number of nitrogens with zero attached hydrogens (tertiary/aromatic N) is 2. The Kier molecular flexibility index (Phi) is 5.93.